The smallest absolute Gasteiger partial charge is 0.178 e. The van der Waals surface area contributed by atoms with E-state index in [0.29, 0.717) is 11.5 Å². The van der Waals surface area contributed by atoms with E-state index < -0.39 is 0 Å². The lowest BCUT2D eigenvalue weighted by Gasteiger charge is -2.01. The molecule has 0 bridgehead atoms. The molecule has 0 unspecified atom stereocenters. The van der Waals surface area contributed by atoms with E-state index in [1.807, 2.05) is 0 Å². The molecule has 0 aromatic heterocycles. The molecule has 0 N–H and O–H groups in total. The normalized spacial score (nSPS) is 21.7. The topological polar surface area (TPSA) is 37.1 Å². The molecule has 3 nitrogen and oxygen atoms in total. The van der Waals surface area contributed by atoms with Crippen LogP contribution in [0.2, 0.25) is 0 Å². The third kappa shape index (κ3) is 1.85. The van der Waals surface area contributed by atoms with E-state index in [1.54, 1.807) is 24.6 Å². The van der Waals surface area contributed by atoms with Crippen LogP contribution in [-0.4, -0.2) is 18.3 Å². The Morgan fingerprint density at radius 3 is 2.67 bits per heavy atom. The zero-order valence-electron chi connectivity index (χ0n) is 6.64. The molecule has 0 spiro atoms. The highest BCUT2D eigenvalue weighted by molar-refractivity contribution is 6.24. The van der Waals surface area contributed by atoms with Crippen LogP contribution in [0.4, 0.5) is 0 Å². The number of hydrogen-bond acceptors (Lipinski definition) is 2. The average molecular weight is 159 g/mol. The summed E-state index contributed by atoms with van der Waals surface area (Å²) in [7, 11) is 0. The molecule has 0 atom stereocenters. The first kappa shape index (κ1) is 8.33. The Hall–Kier alpha value is -1.77. The molecule has 0 saturated heterocycles. The van der Waals surface area contributed by atoms with Gasteiger partial charge in [0, 0.05) is 18.6 Å². The van der Waals surface area contributed by atoms with Crippen molar-refractivity contribution in [2.45, 2.75) is 0 Å². The molecular weight excluding hydrogens is 150 g/mol. The first-order valence-electron chi connectivity index (χ1n) is 3.47. The molecule has 0 aromatic carbocycles. The molecule has 1 heterocycles. The zero-order chi connectivity index (χ0) is 8.81. The molecule has 60 valence electrons. The fraction of sp³-hybridized carbons (Fsp3) is 0. The van der Waals surface area contributed by atoms with Crippen LogP contribution in [-0.2, 0) is 0 Å². The first-order valence-corrected chi connectivity index (χ1v) is 3.47. The molecule has 1 rings (SSSR count). The van der Waals surface area contributed by atoms with E-state index in [9.17, 15) is 0 Å². The van der Waals surface area contributed by atoms with Gasteiger partial charge in [-0.15, -0.1) is 0 Å². The molecule has 1 aliphatic heterocycles. The highest BCUT2D eigenvalue weighted by Crippen LogP contribution is 2.04. The maximum Gasteiger partial charge on any atom is 0.178 e. The minimum Gasteiger partial charge on any atom is -0.251 e. The van der Waals surface area contributed by atoms with Crippen LogP contribution in [0.25, 0.3) is 0 Å². The van der Waals surface area contributed by atoms with E-state index in [4.69, 9.17) is 0 Å². The van der Waals surface area contributed by atoms with Crippen molar-refractivity contribution in [2.24, 2.45) is 15.0 Å². The van der Waals surface area contributed by atoms with Crippen molar-refractivity contribution in [3.05, 3.63) is 37.2 Å². The van der Waals surface area contributed by atoms with E-state index in [2.05, 4.69) is 28.1 Å². The van der Waals surface area contributed by atoms with Gasteiger partial charge in [-0.3, -0.25) is 4.99 Å². The maximum absolute atomic E-state index is 4.06. The Morgan fingerprint density at radius 2 is 2.00 bits per heavy atom. The standard InChI is InChI=1S/C9H9N3/c1-3-5-8-9(10-4-2)12-7-6-11-8/h3-7H,1-2H2/b8-5+,10-9?. The summed E-state index contributed by atoms with van der Waals surface area (Å²) in [6.45, 7) is 7.05. The average Bonchev–Trinajstić information content (AvgIpc) is 2.09. The molecule has 0 radical (unpaired) electrons. The minimum atomic E-state index is 0.562. The Morgan fingerprint density at radius 1 is 1.25 bits per heavy atom. The second kappa shape index (κ2) is 4.18. The number of aliphatic imine (C=N–C) groups is 3. The van der Waals surface area contributed by atoms with Crippen LogP contribution < -0.4 is 0 Å². The van der Waals surface area contributed by atoms with Gasteiger partial charge in [0.2, 0.25) is 0 Å². The number of allylic oxidation sites excluding steroid dienone is 2. The van der Waals surface area contributed by atoms with Crippen molar-refractivity contribution >= 4 is 18.3 Å². The summed E-state index contributed by atoms with van der Waals surface area (Å²) in [4.78, 5) is 12.0. The summed E-state index contributed by atoms with van der Waals surface area (Å²) in [5.74, 6) is 0.562. The van der Waals surface area contributed by atoms with Crippen molar-refractivity contribution < 1.29 is 0 Å². The van der Waals surface area contributed by atoms with Gasteiger partial charge in [-0.1, -0.05) is 19.2 Å². The van der Waals surface area contributed by atoms with Crippen LogP contribution in [0.5, 0.6) is 0 Å². The number of nitrogens with zero attached hydrogens (tertiary/aromatic N) is 3. The molecule has 12 heavy (non-hydrogen) atoms. The quantitative estimate of drug-likeness (QED) is 0.588. The van der Waals surface area contributed by atoms with Crippen LogP contribution in [0.1, 0.15) is 0 Å². The second-order valence-electron chi connectivity index (χ2n) is 1.98. The predicted octanol–water partition coefficient (Wildman–Crippen LogP) is 1.75. The summed E-state index contributed by atoms with van der Waals surface area (Å²) >= 11 is 0. The third-order valence-electron chi connectivity index (χ3n) is 1.20. The van der Waals surface area contributed by atoms with Crippen LogP contribution in [0, 0.1) is 0 Å². The fourth-order valence-electron chi connectivity index (χ4n) is 0.757. The van der Waals surface area contributed by atoms with E-state index in [0.717, 1.165) is 0 Å². The van der Waals surface area contributed by atoms with E-state index in [-0.39, 0.29) is 0 Å². The summed E-state index contributed by atoms with van der Waals surface area (Å²) in [6.07, 6.45) is 8.02. The summed E-state index contributed by atoms with van der Waals surface area (Å²) in [6, 6.07) is 0. The van der Waals surface area contributed by atoms with Gasteiger partial charge in [-0.25, -0.2) is 9.98 Å². The summed E-state index contributed by atoms with van der Waals surface area (Å²) in [5.41, 5.74) is 0.701. The highest BCUT2D eigenvalue weighted by Gasteiger charge is 2.03. The Balaban J connectivity index is 3.00. The first-order chi connectivity index (χ1) is 5.88. The molecule has 0 amide bonds. The fourth-order valence-corrected chi connectivity index (χ4v) is 0.757. The van der Waals surface area contributed by atoms with Gasteiger partial charge in [0.25, 0.3) is 0 Å². The molecule has 0 fully saturated rings. The predicted molar refractivity (Wildman–Crippen MR) is 52.9 cm³/mol. The van der Waals surface area contributed by atoms with E-state index >= 15 is 0 Å². The number of hydrogen-bond donors (Lipinski definition) is 0. The Bertz CT molecular complexity index is 274. The lowest BCUT2D eigenvalue weighted by molar-refractivity contribution is 1.38. The SMILES string of the molecule is C=C/C=C1/N=CC=NC1=NC=C. The number of rotatable bonds is 2. The molecule has 3 heteroatoms. The molecule has 0 aromatic rings. The highest BCUT2D eigenvalue weighted by atomic mass is 15.0. The molecule has 0 saturated carbocycles. The lowest BCUT2D eigenvalue weighted by atomic mass is 10.3. The van der Waals surface area contributed by atoms with Crippen molar-refractivity contribution in [3.8, 4) is 0 Å². The molecular formula is C9H9N3. The largest absolute Gasteiger partial charge is 0.251 e. The summed E-state index contributed by atoms with van der Waals surface area (Å²) in [5, 5.41) is 0. The van der Waals surface area contributed by atoms with Crippen molar-refractivity contribution in [1.82, 2.24) is 0 Å². The molecule has 1 aliphatic rings. The van der Waals surface area contributed by atoms with Gasteiger partial charge in [0.15, 0.2) is 5.84 Å². The Kier molecular flexibility index (Phi) is 2.90. The van der Waals surface area contributed by atoms with Gasteiger partial charge in [-0.2, -0.15) is 0 Å². The van der Waals surface area contributed by atoms with Crippen LogP contribution in [0.15, 0.2) is 52.2 Å². The lowest BCUT2D eigenvalue weighted by Crippen LogP contribution is -2.03. The van der Waals surface area contributed by atoms with Gasteiger partial charge < -0.3 is 0 Å². The monoisotopic (exact) mass is 159 g/mol. The van der Waals surface area contributed by atoms with Crippen molar-refractivity contribution in [3.63, 3.8) is 0 Å². The minimum absolute atomic E-state index is 0.562. The zero-order valence-corrected chi connectivity index (χ0v) is 6.64. The van der Waals surface area contributed by atoms with Crippen LogP contribution in [0.3, 0.4) is 0 Å². The van der Waals surface area contributed by atoms with Gasteiger partial charge in [0.1, 0.15) is 5.70 Å². The van der Waals surface area contributed by atoms with Gasteiger partial charge in [-0.05, 0) is 6.08 Å². The third-order valence-corrected chi connectivity index (χ3v) is 1.20. The van der Waals surface area contributed by atoms with Gasteiger partial charge in [0.05, 0.1) is 0 Å². The van der Waals surface area contributed by atoms with Crippen molar-refractivity contribution in [2.75, 3.05) is 0 Å². The summed E-state index contributed by atoms with van der Waals surface area (Å²) < 4.78 is 0. The van der Waals surface area contributed by atoms with Gasteiger partial charge >= 0.3 is 0 Å². The Labute approximate surface area is 71.3 Å². The van der Waals surface area contributed by atoms with Crippen molar-refractivity contribution in [1.29, 1.82) is 0 Å². The number of amidine groups is 1. The van der Waals surface area contributed by atoms with Crippen LogP contribution >= 0.6 is 0 Å². The maximum atomic E-state index is 4.06. The van der Waals surface area contributed by atoms with E-state index in [1.165, 1.54) is 6.20 Å². The second-order valence-corrected chi connectivity index (χ2v) is 1.98. The molecule has 0 aliphatic carbocycles.